The van der Waals surface area contributed by atoms with Crippen molar-refractivity contribution in [3.8, 4) is 6.07 Å². The minimum Gasteiger partial charge on any atom is -0.395 e. The summed E-state index contributed by atoms with van der Waals surface area (Å²) in [4.78, 5) is 0. The Hall–Kier alpha value is -0.890. The van der Waals surface area contributed by atoms with E-state index in [4.69, 9.17) is 10.4 Å². The fourth-order valence-electron chi connectivity index (χ4n) is 1.13. The number of aliphatic hydroxyl groups excluding tert-OH is 1. The molecule has 74 valence electrons. The molecule has 0 spiro atoms. The quantitative estimate of drug-likeness (QED) is 0.859. The van der Waals surface area contributed by atoms with Crippen LogP contribution < -0.4 is 5.32 Å². The van der Waals surface area contributed by atoms with E-state index in [9.17, 15) is 0 Å². The third-order valence-corrected chi connectivity index (χ3v) is 2.26. The summed E-state index contributed by atoms with van der Waals surface area (Å²) in [6.07, 6.45) is 0. The van der Waals surface area contributed by atoms with Gasteiger partial charge in [0.2, 0.25) is 0 Å². The molecule has 1 aromatic carbocycles. The van der Waals surface area contributed by atoms with E-state index in [2.05, 4.69) is 27.3 Å². The average molecular weight is 255 g/mol. The minimum absolute atomic E-state index is 0.0339. The van der Waals surface area contributed by atoms with Gasteiger partial charge in [-0.05, 0) is 17.7 Å². The van der Waals surface area contributed by atoms with Crippen LogP contribution in [0.25, 0.3) is 0 Å². The highest BCUT2D eigenvalue weighted by molar-refractivity contribution is 9.10. The number of halogens is 1. The van der Waals surface area contributed by atoms with E-state index in [-0.39, 0.29) is 12.6 Å². The Morgan fingerprint density at radius 2 is 2.36 bits per heavy atom. The molecule has 1 unspecified atom stereocenters. The molecule has 0 aliphatic heterocycles. The molecule has 0 bridgehead atoms. The number of rotatable bonds is 4. The van der Waals surface area contributed by atoms with E-state index >= 15 is 0 Å². The predicted octanol–water partition coefficient (Wildman–Crippen LogP) is 1.60. The molecule has 14 heavy (non-hydrogen) atoms. The standard InChI is InChI=1S/C10H11BrN2O/c11-9-3-1-2-8(6-9)10(7-12)13-4-5-14/h1-3,6,10,13-14H,4-5H2. The Kier molecular flexibility index (Phi) is 4.60. The van der Waals surface area contributed by atoms with Crippen molar-refractivity contribution in [3.05, 3.63) is 34.3 Å². The molecule has 1 aromatic rings. The predicted molar refractivity (Wildman–Crippen MR) is 57.6 cm³/mol. The van der Waals surface area contributed by atoms with Gasteiger partial charge >= 0.3 is 0 Å². The Morgan fingerprint density at radius 3 is 2.93 bits per heavy atom. The molecule has 0 fully saturated rings. The Balaban J connectivity index is 2.75. The maximum atomic E-state index is 8.89. The number of hydrogen-bond donors (Lipinski definition) is 2. The summed E-state index contributed by atoms with van der Waals surface area (Å²) >= 11 is 3.34. The molecule has 4 heteroatoms. The first-order chi connectivity index (χ1) is 6.77. The van der Waals surface area contributed by atoms with Crippen molar-refractivity contribution >= 4 is 15.9 Å². The van der Waals surface area contributed by atoms with E-state index in [1.807, 2.05) is 24.3 Å². The van der Waals surface area contributed by atoms with E-state index in [1.165, 1.54) is 0 Å². The SMILES string of the molecule is N#CC(NCCO)c1cccc(Br)c1. The third-order valence-electron chi connectivity index (χ3n) is 1.77. The van der Waals surface area contributed by atoms with E-state index in [0.717, 1.165) is 10.0 Å². The summed E-state index contributed by atoms with van der Waals surface area (Å²) in [5, 5.41) is 20.4. The molecule has 0 amide bonds. The van der Waals surface area contributed by atoms with Crippen LogP contribution in [-0.4, -0.2) is 18.3 Å². The summed E-state index contributed by atoms with van der Waals surface area (Å²) in [5.74, 6) is 0. The second-order valence-electron chi connectivity index (χ2n) is 2.79. The van der Waals surface area contributed by atoms with Gasteiger partial charge in [-0.3, -0.25) is 5.32 Å². The normalized spacial score (nSPS) is 12.1. The highest BCUT2D eigenvalue weighted by atomic mass is 79.9. The van der Waals surface area contributed by atoms with Gasteiger partial charge in [-0.2, -0.15) is 5.26 Å². The number of benzene rings is 1. The molecule has 0 aliphatic carbocycles. The second kappa shape index (κ2) is 5.76. The first-order valence-corrected chi connectivity index (χ1v) is 5.06. The maximum absolute atomic E-state index is 8.89. The zero-order chi connectivity index (χ0) is 10.4. The minimum atomic E-state index is -0.361. The summed E-state index contributed by atoms with van der Waals surface area (Å²) in [7, 11) is 0. The van der Waals surface area contributed by atoms with Gasteiger partial charge in [0, 0.05) is 11.0 Å². The van der Waals surface area contributed by atoms with Crippen LogP contribution in [0.4, 0.5) is 0 Å². The third kappa shape index (κ3) is 3.11. The van der Waals surface area contributed by atoms with Crippen molar-refractivity contribution in [3.63, 3.8) is 0 Å². The summed E-state index contributed by atoms with van der Waals surface area (Å²) in [5.41, 5.74) is 0.898. The van der Waals surface area contributed by atoms with E-state index < -0.39 is 0 Å². The molecule has 1 atom stereocenters. The van der Waals surface area contributed by atoms with Crippen LogP contribution in [0.15, 0.2) is 28.7 Å². The molecular weight excluding hydrogens is 244 g/mol. The van der Waals surface area contributed by atoms with Crippen LogP contribution in [0.5, 0.6) is 0 Å². The molecule has 0 saturated carbocycles. The highest BCUT2D eigenvalue weighted by Crippen LogP contribution is 2.17. The topological polar surface area (TPSA) is 56.0 Å². The molecule has 0 saturated heterocycles. The molecule has 1 rings (SSSR count). The van der Waals surface area contributed by atoms with Crippen molar-refractivity contribution in [1.82, 2.24) is 5.32 Å². The lowest BCUT2D eigenvalue weighted by Crippen LogP contribution is -2.23. The van der Waals surface area contributed by atoms with Gasteiger partial charge < -0.3 is 5.11 Å². The van der Waals surface area contributed by atoms with Crippen LogP contribution in [0.1, 0.15) is 11.6 Å². The fourth-order valence-corrected chi connectivity index (χ4v) is 1.55. The summed E-state index contributed by atoms with van der Waals surface area (Å²) in [6.45, 7) is 0.455. The van der Waals surface area contributed by atoms with Gasteiger partial charge in [0.05, 0.1) is 12.7 Å². The molecule has 0 aliphatic rings. The van der Waals surface area contributed by atoms with Crippen LogP contribution in [-0.2, 0) is 0 Å². The van der Waals surface area contributed by atoms with Crippen molar-refractivity contribution in [2.24, 2.45) is 0 Å². The number of aliphatic hydroxyl groups is 1. The molecule has 2 N–H and O–H groups in total. The van der Waals surface area contributed by atoms with Gasteiger partial charge in [0.15, 0.2) is 0 Å². The Morgan fingerprint density at radius 1 is 1.57 bits per heavy atom. The van der Waals surface area contributed by atoms with Crippen molar-refractivity contribution in [1.29, 1.82) is 5.26 Å². The van der Waals surface area contributed by atoms with Crippen molar-refractivity contribution < 1.29 is 5.11 Å². The van der Waals surface area contributed by atoms with Crippen molar-refractivity contribution in [2.75, 3.05) is 13.2 Å². The zero-order valence-electron chi connectivity index (χ0n) is 7.57. The van der Waals surface area contributed by atoms with Crippen molar-refractivity contribution in [2.45, 2.75) is 6.04 Å². The fraction of sp³-hybridized carbons (Fsp3) is 0.300. The summed E-state index contributed by atoms with van der Waals surface area (Å²) in [6, 6.07) is 9.33. The summed E-state index contributed by atoms with van der Waals surface area (Å²) < 4.78 is 0.945. The van der Waals surface area contributed by atoms with Gasteiger partial charge in [-0.25, -0.2) is 0 Å². The first-order valence-electron chi connectivity index (χ1n) is 4.27. The Labute approximate surface area is 91.5 Å². The Bertz CT molecular complexity index is 335. The largest absolute Gasteiger partial charge is 0.395 e. The van der Waals surface area contributed by atoms with Crippen LogP contribution in [0.2, 0.25) is 0 Å². The smallest absolute Gasteiger partial charge is 0.121 e. The molecule has 0 radical (unpaired) electrons. The van der Waals surface area contributed by atoms with E-state index in [1.54, 1.807) is 0 Å². The van der Waals surface area contributed by atoms with Gasteiger partial charge in [0.1, 0.15) is 6.04 Å². The average Bonchev–Trinajstić information content (AvgIpc) is 2.19. The highest BCUT2D eigenvalue weighted by Gasteiger charge is 2.08. The number of nitriles is 1. The monoisotopic (exact) mass is 254 g/mol. The van der Waals surface area contributed by atoms with Crippen LogP contribution in [0, 0.1) is 11.3 Å². The van der Waals surface area contributed by atoms with E-state index in [0.29, 0.717) is 6.54 Å². The molecule has 0 heterocycles. The van der Waals surface area contributed by atoms with Crippen LogP contribution in [0.3, 0.4) is 0 Å². The lowest BCUT2D eigenvalue weighted by Gasteiger charge is -2.10. The molecular formula is C10H11BrN2O. The van der Waals surface area contributed by atoms with Crippen LogP contribution >= 0.6 is 15.9 Å². The molecule has 0 aromatic heterocycles. The zero-order valence-corrected chi connectivity index (χ0v) is 9.16. The lowest BCUT2D eigenvalue weighted by atomic mass is 10.1. The number of nitrogens with zero attached hydrogens (tertiary/aromatic N) is 1. The maximum Gasteiger partial charge on any atom is 0.121 e. The second-order valence-corrected chi connectivity index (χ2v) is 3.71. The van der Waals surface area contributed by atoms with Gasteiger partial charge in [-0.1, -0.05) is 28.1 Å². The number of hydrogen-bond acceptors (Lipinski definition) is 3. The van der Waals surface area contributed by atoms with Gasteiger partial charge in [-0.15, -0.1) is 0 Å². The lowest BCUT2D eigenvalue weighted by molar-refractivity contribution is 0.289. The first kappa shape index (κ1) is 11.2. The number of nitrogens with one attached hydrogen (secondary N) is 1. The molecule has 3 nitrogen and oxygen atoms in total. The van der Waals surface area contributed by atoms with Gasteiger partial charge in [0.25, 0.3) is 0 Å².